The summed E-state index contributed by atoms with van der Waals surface area (Å²) in [5.74, 6) is -0.637. The Morgan fingerprint density at radius 3 is 2.91 bits per heavy atom. The molecule has 5 nitrogen and oxygen atoms in total. The second kappa shape index (κ2) is 5.42. The van der Waals surface area contributed by atoms with Crippen molar-refractivity contribution in [2.45, 2.75) is 6.92 Å². The molecule has 1 aromatic carbocycles. The average Bonchev–Trinajstić information content (AvgIpc) is 2.51. The highest BCUT2D eigenvalue weighted by Crippen LogP contribution is 2.28. The van der Waals surface area contributed by atoms with Crippen molar-refractivity contribution in [3.8, 4) is 0 Å². The fourth-order valence-electron chi connectivity index (χ4n) is 2.53. The van der Waals surface area contributed by atoms with Crippen LogP contribution in [0.2, 0.25) is 5.02 Å². The first-order chi connectivity index (χ1) is 10.5. The minimum absolute atomic E-state index is 0.0109. The minimum atomic E-state index is -0.637. The molecule has 0 spiro atoms. The Bertz CT molecular complexity index is 963. The molecule has 0 aliphatic carbocycles. The third-order valence-electron chi connectivity index (χ3n) is 3.48. The fourth-order valence-corrected chi connectivity index (χ4v) is 2.80. The SMILES string of the molecule is CCOC(=O)c1cn(C)c2c(cc(Cl)c3cccnc32)c1=O. The van der Waals surface area contributed by atoms with Gasteiger partial charge in [-0.1, -0.05) is 11.6 Å². The number of ether oxygens (including phenoxy) is 1. The third kappa shape index (κ3) is 2.14. The van der Waals surface area contributed by atoms with Crippen LogP contribution in [0.25, 0.3) is 21.8 Å². The Balaban J connectivity index is 2.46. The van der Waals surface area contributed by atoms with E-state index in [1.54, 1.807) is 36.9 Å². The molecular formula is C16H13ClN2O3. The van der Waals surface area contributed by atoms with Gasteiger partial charge in [-0.05, 0) is 25.1 Å². The van der Waals surface area contributed by atoms with Crippen molar-refractivity contribution < 1.29 is 9.53 Å². The molecule has 0 saturated heterocycles. The zero-order valence-electron chi connectivity index (χ0n) is 12.1. The molecule has 6 heteroatoms. The van der Waals surface area contributed by atoms with E-state index in [1.807, 2.05) is 6.07 Å². The highest BCUT2D eigenvalue weighted by Gasteiger charge is 2.18. The Labute approximate surface area is 131 Å². The molecule has 0 amide bonds. The van der Waals surface area contributed by atoms with Gasteiger partial charge in [0.2, 0.25) is 5.43 Å². The highest BCUT2D eigenvalue weighted by molar-refractivity contribution is 6.37. The van der Waals surface area contributed by atoms with Gasteiger partial charge in [-0.25, -0.2) is 4.79 Å². The molecule has 0 atom stereocenters. The summed E-state index contributed by atoms with van der Waals surface area (Å²) in [7, 11) is 1.76. The van der Waals surface area contributed by atoms with Crippen molar-refractivity contribution in [3.05, 3.63) is 51.4 Å². The predicted molar refractivity (Wildman–Crippen MR) is 85.5 cm³/mol. The molecule has 112 valence electrons. The molecule has 0 bridgehead atoms. The van der Waals surface area contributed by atoms with Gasteiger partial charge in [-0.15, -0.1) is 0 Å². The molecule has 2 aromatic heterocycles. The van der Waals surface area contributed by atoms with Crippen LogP contribution in [0, 0.1) is 0 Å². The summed E-state index contributed by atoms with van der Waals surface area (Å²) in [5, 5.41) is 1.54. The molecule has 3 rings (SSSR count). The molecule has 0 aliphatic rings. The lowest BCUT2D eigenvalue weighted by atomic mass is 10.1. The number of aryl methyl sites for hydroxylation is 1. The number of rotatable bonds is 2. The van der Waals surface area contributed by atoms with Gasteiger partial charge in [0, 0.05) is 24.8 Å². The summed E-state index contributed by atoms with van der Waals surface area (Å²) in [6, 6.07) is 5.20. The number of pyridine rings is 2. The van der Waals surface area contributed by atoms with Crippen molar-refractivity contribution in [2.24, 2.45) is 7.05 Å². The van der Waals surface area contributed by atoms with Crippen LogP contribution in [-0.4, -0.2) is 22.1 Å². The number of hydrogen-bond acceptors (Lipinski definition) is 4. The number of hydrogen-bond donors (Lipinski definition) is 0. The van der Waals surface area contributed by atoms with Crippen molar-refractivity contribution in [1.29, 1.82) is 0 Å². The van der Waals surface area contributed by atoms with Crippen LogP contribution in [0.3, 0.4) is 0 Å². The average molecular weight is 317 g/mol. The van der Waals surface area contributed by atoms with E-state index in [2.05, 4.69) is 4.98 Å². The van der Waals surface area contributed by atoms with Crippen molar-refractivity contribution >= 4 is 39.4 Å². The van der Waals surface area contributed by atoms with E-state index in [-0.39, 0.29) is 12.2 Å². The summed E-state index contributed by atoms with van der Waals surface area (Å²) < 4.78 is 6.63. The molecule has 22 heavy (non-hydrogen) atoms. The lowest BCUT2D eigenvalue weighted by Gasteiger charge is -2.11. The van der Waals surface area contributed by atoms with E-state index >= 15 is 0 Å². The van der Waals surface area contributed by atoms with Gasteiger partial charge in [0.1, 0.15) is 5.56 Å². The summed E-state index contributed by atoms with van der Waals surface area (Å²) in [6.07, 6.45) is 3.12. The summed E-state index contributed by atoms with van der Waals surface area (Å²) in [6.45, 7) is 1.90. The Kier molecular flexibility index (Phi) is 3.58. The first-order valence-electron chi connectivity index (χ1n) is 6.78. The topological polar surface area (TPSA) is 61.2 Å². The minimum Gasteiger partial charge on any atom is -0.462 e. The number of fused-ring (bicyclic) bond motifs is 3. The summed E-state index contributed by atoms with van der Waals surface area (Å²) in [4.78, 5) is 28.8. The molecule has 2 heterocycles. The molecular weight excluding hydrogens is 304 g/mol. The van der Waals surface area contributed by atoms with E-state index in [4.69, 9.17) is 16.3 Å². The van der Waals surface area contributed by atoms with Gasteiger partial charge in [0.05, 0.1) is 28.0 Å². The van der Waals surface area contributed by atoms with Crippen LogP contribution >= 0.6 is 11.6 Å². The van der Waals surface area contributed by atoms with Gasteiger partial charge in [0.25, 0.3) is 0 Å². The largest absolute Gasteiger partial charge is 0.462 e. The first-order valence-corrected chi connectivity index (χ1v) is 7.16. The third-order valence-corrected chi connectivity index (χ3v) is 3.79. The maximum absolute atomic E-state index is 12.6. The van der Waals surface area contributed by atoms with Crippen LogP contribution in [-0.2, 0) is 11.8 Å². The maximum atomic E-state index is 12.6. The number of carbonyl (C=O) groups is 1. The lowest BCUT2D eigenvalue weighted by Crippen LogP contribution is -2.20. The van der Waals surface area contributed by atoms with Crippen LogP contribution in [0.1, 0.15) is 17.3 Å². The van der Waals surface area contributed by atoms with Crippen molar-refractivity contribution in [2.75, 3.05) is 6.61 Å². The number of carbonyl (C=O) groups excluding carboxylic acids is 1. The molecule has 0 radical (unpaired) electrons. The van der Waals surface area contributed by atoms with Crippen LogP contribution in [0.4, 0.5) is 0 Å². The Hall–Kier alpha value is -2.40. The van der Waals surface area contributed by atoms with Crippen molar-refractivity contribution in [1.82, 2.24) is 9.55 Å². The van der Waals surface area contributed by atoms with Crippen LogP contribution in [0.5, 0.6) is 0 Å². The van der Waals surface area contributed by atoms with E-state index in [9.17, 15) is 9.59 Å². The first kappa shape index (κ1) is 14.5. The molecule has 0 saturated carbocycles. The van der Waals surface area contributed by atoms with E-state index in [1.165, 1.54) is 6.20 Å². The second-order valence-corrected chi connectivity index (χ2v) is 5.26. The number of benzene rings is 1. The molecule has 0 fully saturated rings. The van der Waals surface area contributed by atoms with Crippen molar-refractivity contribution in [3.63, 3.8) is 0 Å². The molecule has 0 N–H and O–H groups in total. The van der Waals surface area contributed by atoms with E-state index < -0.39 is 11.4 Å². The van der Waals surface area contributed by atoms with E-state index in [0.29, 0.717) is 21.4 Å². The maximum Gasteiger partial charge on any atom is 0.343 e. The van der Waals surface area contributed by atoms with Gasteiger partial charge in [0.15, 0.2) is 0 Å². The van der Waals surface area contributed by atoms with Crippen LogP contribution < -0.4 is 5.43 Å². The van der Waals surface area contributed by atoms with Gasteiger partial charge in [-0.2, -0.15) is 0 Å². The Morgan fingerprint density at radius 2 is 2.18 bits per heavy atom. The zero-order valence-corrected chi connectivity index (χ0v) is 12.8. The smallest absolute Gasteiger partial charge is 0.343 e. The van der Waals surface area contributed by atoms with Gasteiger partial charge in [-0.3, -0.25) is 9.78 Å². The number of aromatic nitrogens is 2. The Morgan fingerprint density at radius 1 is 1.41 bits per heavy atom. The fraction of sp³-hybridized carbons (Fsp3) is 0.188. The van der Waals surface area contributed by atoms with Gasteiger partial charge >= 0.3 is 5.97 Å². The molecule has 0 unspecified atom stereocenters. The second-order valence-electron chi connectivity index (χ2n) is 4.86. The number of nitrogens with zero attached hydrogens (tertiary/aromatic N) is 2. The number of esters is 1. The van der Waals surface area contributed by atoms with Crippen LogP contribution in [0.15, 0.2) is 35.4 Å². The molecule has 3 aromatic rings. The number of halogens is 1. The zero-order chi connectivity index (χ0) is 15.9. The van der Waals surface area contributed by atoms with E-state index in [0.717, 1.165) is 5.39 Å². The predicted octanol–water partition coefficient (Wildman–Crippen LogP) is 2.92. The molecule has 0 aliphatic heterocycles. The lowest BCUT2D eigenvalue weighted by molar-refractivity contribution is 0.0524. The summed E-state index contributed by atoms with van der Waals surface area (Å²) >= 11 is 6.25. The quantitative estimate of drug-likeness (QED) is 0.539. The normalized spacial score (nSPS) is 11.0. The summed E-state index contributed by atoms with van der Waals surface area (Å²) in [5.41, 5.74) is 0.849. The monoisotopic (exact) mass is 316 g/mol. The van der Waals surface area contributed by atoms with Gasteiger partial charge < -0.3 is 9.30 Å². The standard InChI is InChI=1S/C16H13ClN2O3/c1-3-22-16(21)11-8-19(2)14-10(15(11)20)7-12(17)9-5-4-6-18-13(9)14/h4-8H,3H2,1-2H3. The highest BCUT2D eigenvalue weighted by atomic mass is 35.5.